The Kier molecular flexibility index (Phi) is 4.93. The van der Waals surface area contributed by atoms with Gasteiger partial charge in [0.05, 0.1) is 6.42 Å². The highest BCUT2D eigenvalue weighted by molar-refractivity contribution is 7.15. The van der Waals surface area contributed by atoms with Gasteiger partial charge in [-0.15, -0.1) is 11.3 Å². The SMILES string of the molecule is Cc1cc(=O)n2[nH]c(CC(=O)Nc3ncc(Cc4ccccc4Cl)s3)nc2n1. The van der Waals surface area contributed by atoms with Crippen molar-refractivity contribution in [1.82, 2.24) is 24.6 Å². The minimum atomic E-state index is -0.289. The van der Waals surface area contributed by atoms with Gasteiger partial charge in [-0.3, -0.25) is 14.7 Å². The van der Waals surface area contributed by atoms with Gasteiger partial charge in [0.25, 0.3) is 11.3 Å². The lowest BCUT2D eigenvalue weighted by atomic mass is 10.1. The van der Waals surface area contributed by atoms with Crippen LogP contribution in [0.4, 0.5) is 5.13 Å². The summed E-state index contributed by atoms with van der Waals surface area (Å²) in [5, 5.41) is 6.73. The molecule has 3 aromatic heterocycles. The molecular weight excluding hydrogens is 400 g/mol. The Bertz CT molecular complexity index is 1230. The molecule has 0 radical (unpaired) electrons. The summed E-state index contributed by atoms with van der Waals surface area (Å²) in [6.45, 7) is 1.71. The third kappa shape index (κ3) is 3.95. The molecular formula is C18H15ClN6O2S. The van der Waals surface area contributed by atoms with E-state index in [0.29, 0.717) is 28.1 Å². The number of nitrogens with zero attached hydrogens (tertiary/aromatic N) is 4. The lowest BCUT2D eigenvalue weighted by molar-refractivity contribution is -0.115. The summed E-state index contributed by atoms with van der Waals surface area (Å²) >= 11 is 7.57. The first-order valence-electron chi connectivity index (χ1n) is 8.41. The molecule has 0 atom stereocenters. The molecule has 0 aliphatic rings. The van der Waals surface area contributed by atoms with Crippen LogP contribution in [0.15, 0.2) is 41.3 Å². The highest BCUT2D eigenvalue weighted by Gasteiger charge is 2.13. The summed E-state index contributed by atoms with van der Waals surface area (Å²) in [5.41, 5.74) is 1.30. The summed E-state index contributed by atoms with van der Waals surface area (Å²) in [5.74, 6) is 0.298. The molecule has 28 heavy (non-hydrogen) atoms. The van der Waals surface area contributed by atoms with Gasteiger partial charge in [0.15, 0.2) is 5.13 Å². The van der Waals surface area contributed by atoms with Crippen molar-refractivity contribution in [3.63, 3.8) is 0 Å². The number of thiazole rings is 1. The monoisotopic (exact) mass is 414 g/mol. The minimum absolute atomic E-state index is 0.0265. The highest BCUT2D eigenvalue weighted by atomic mass is 35.5. The number of H-pyrrole nitrogens is 1. The second kappa shape index (κ2) is 7.53. The summed E-state index contributed by atoms with van der Waals surface area (Å²) < 4.78 is 1.21. The third-order valence-electron chi connectivity index (χ3n) is 3.96. The van der Waals surface area contributed by atoms with Gasteiger partial charge in [-0.25, -0.2) is 9.97 Å². The van der Waals surface area contributed by atoms with Crippen molar-refractivity contribution in [2.24, 2.45) is 0 Å². The molecule has 4 rings (SSSR count). The molecule has 0 spiro atoms. The fraction of sp³-hybridized carbons (Fsp3) is 0.167. The van der Waals surface area contributed by atoms with Crippen LogP contribution in [0.25, 0.3) is 5.78 Å². The number of halogens is 1. The highest BCUT2D eigenvalue weighted by Crippen LogP contribution is 2.24. The number of carbonyl (C=O) groups excluding carboxylic acids is 1. The number of anilines is 1. The molecule has 142 valence electrons. The zero-order valence-electron chi connectivity index (χ0n) is 14.8. The van der Waals surface area contributed by atoms with E-state index in [2.05, 4.69) is 25.4 Å². The summed E-state index contributed by atoms with van der Waals surface area (Å²) in [7, 11) is 0. The zero-order valence-corrected chi connectivity index (χ0v) is 16.3. The fourth-order valence-corrected chi connectivity index (χ4v) is 3.76. The van der Waals surface area contributed by atoms with E-state index in [1.165, 1.54) is 21.9 Å². The number of fused-ring (bicyclic) bond motifs is 1. The Morgan fingerprint density at radius 2 is 2.14 bits per heavy atom. The van der Waals surface area contributed by atoms with E-state index < -0.39 is 0 Å². The number of aromatic nitrogens is 5. The molecule has 0 saturated carbocycles. The van der Waals surface area contributed by atoms with E-state index in [4.69, 9.17) is 11.6 Å². The number of aryl methyl sites for hydroxylation is 1. The second-order valence-corrected chi connectivity index (χ2v) is 7.69. The van der Waals surface area contributed by atoms with Crippen LogP contribution >= 0.6 is 22.9 Å². The lowest BCUT2D eigenvalue weighted by Crippen LogP contribution is -2.16. The largest absolute Gasteiger partial charge is 0.302 e. The van der Waals surface area contributed by atoms with Crippen LogP contribution in [0, 0.1) is 6.92 Å². The van der Waals surface area contributed by atoms with Crippen molar-refractivity contribution in [3.8, 4) is 0 Å². The van der Waals surface area contributed by atoms with Crippen molar-refractivity contribution >= 4 is 39.8 Å². The first-order chi connectivity index (χ1) is 13.5. The van der Waals surface area contributed by atoms with Gasteiger partial charge in [0.1, 0.15) is 5.82 Å². The van der Waals surface area contributed by atoms with E-state index >= 15 is 0 Å². The van der Waals surface area contributed by atoms with E-state index in [1.807, 2.05) is 24.3 Å². The van der Waals surface area contributed by atoms with Gasteiger partial charge < -0.3 is 5.32 Å². The van der Waals surface area contributed by atoms with Crippen LogP contribution in [-0.2, 0) is 17.6 Å². The van der Waals surface area contributed by atoms with Crippen LogP contribution in [-0.4, -0.2) is 30.5 Å². The van der Waals surface area contributed by atoms with Gasteiger partial charge in [-0.2, -0.15) is 9.50 Å². The summed E-state index contributed by atoms with van der Waals surface area (Å²) in [6.07, 6.45) is 2.34. The maximum absolute atomic E-state index is 12.3. The Hall–Kier alpha value is -3.04. The molecule has 0 aliphatic carbocycles. The molecule has 1 amide bonds. The van der Waals surface area contributed by atoms with E-state index in [9.17, 15) is 9.59 Å². The van der Waals surface area contributed by atoms with Gasteiger partial charge >= 0.3 is 0 Å². The Morgan fingerprint density at radius 1 is 1.32 bits per heavy atom. The number of benzene rings is 1. The van der Waals surface area contributed by atoms with E-state index in [1.54, 1.807) is 13.1 Å². The van der Waals surface area contributed by atoms with Gasteiger partial charge in [-0.1, -0.05) is 29.8 Å². The standard InChI is InChI=1S/C18H15ClN6O2S/c1-10-6-16(27)25-17(21-10)22-14(24-25)8-15(26)23-18-20-9-12(28-18)7-11-4-2-3-5-13(11)19/h2-6,9H,7-8H2,1H3,(H,20,23,26)(H,21,22,24). The van der Waals surface area contributed by atoms with Crippen molar-refractivity contribution in [1.29, 1.82) is 0 Å². The predicted octanol–water partition coefficient (Wildman–Crippen LogP) is 2.61. The van der Waals surface area contributed by atoms with Crippen molar-refractivity contribution < 1.29 is 4.79 Å². The first kappa shape index (κ1) is 18.3. The lowest BCUT2D eigenvalue weighted by Gasteiger charge is -2.01. The fourth-order valence-electron chi connectivity index (χ4n) is 2.71. The number of amides is 1. The maximum Gasteiger partial charge on any atom is 0.274 e. The molecule has 1 aromatic carbocycles. The smallest absolute Gasteiger partial charge is 0.274 e. The molecule has 0 saturated heterocycles. The topological polar surface area (TPSA) is 105 Å². The van der Waals surface area contributed by atoms with Gasteiger partial charge in [0.2, 0.25) is 5.91 Å². The quantitative estimate of drug-likeness (QED) is 0.522. The van der Waals surface area contributed by atoms with Crippen LogP contribution < -0.4 is 10.9 Å². The van der Waals surface area contributed by atoms with Crippen LogP contribution in [0.5, 0.6) is 0 Å². The Morgan fingerprint density at radius 3 is 2.96 bits per heavy atom. The van der Waals surface area contributed by atoms with Crippen molar-refractivity contribution in [2.45, 2.75) is 19.8 Å². The minimum Gasteiger partial charge on any atom is -0.302 e. The molecule has 0 fully saturated rings. The molecule has 10 heteroatoms. The molecule has 0 unspecified atom stereocenters. The second-order valence-electron chi connectivity index (χ2n) is 6.17. The molecule has 0 aliphatic heterocycles. The van der Waals surface area contributed by atoms with Crippen molar-refractivity contribution in [2.75, 3.05) is 5.32 Å². The van der Waals surface area contributed by atoms with Crippen LogP contribution in [0.2, 0.25) is 5.02 Å². The number of nitrogens with one attached hydrogen (secondary N) is 2. The molecule has 2 N–H and O–H groups in total. The van der Waals surface area contributed by atoms with Crippen LogP contribution in [0.1, 0.15) is 22.0 Å². The average Bonchev–Trinajstić information content (AvgIpc) is 3.23. The van der Waals surface area contributed by atoms with Crippen LogP contribution in [0.3, 0.4) is 0 Å². The van der Waals surface area contributed by atoms with E-state index in [0.717, 1.165) is 10.4 Å². The first-order valence-corrected chi connectivity index (χ1v) is 9.60. The summed E-state index contributed by atoms with van der Waals surface area (Å²) in [4.78, 5) is 37.8. The van der Waals surface area contributed by atoms with E-state index in [-0.39, 0.29) is 23.7 Å². The molecule has 8 nitrogen and oxygen atoms in total. The van der Waals surface area contributed by atoms with Gasteiger partial charge in [-0.05, 0) is 18.6 Å². The maximum atomic E-state index is 12.3. The number of hydrogen-bond donors (Lipinski definition) is 2. The summed E-state index contributed by atoms with van der Waals surface area (Å²) in [6, 6.07) is 9.01. The number of carbonyl (C=O) groups is 1. The molecule has 0 bridgehead atoms. The van der Waals surface area contributed by atoms with Crippen molar-refractivity contribution in [3.05, 3.63) is 73.9 Å². The third-order valence-corrected chi connectivity index (χ3v) is 5.24. The number of rotatable bonds is 5. The molecule has 3 heterocycles. The molecule has 4 aromatic rings. The number of hydrogen-bond acceptors (Lipinski definition) is 6. The zero-order chi connectivity index (χ0) is 19.7. The predicted molar refractivity (Wildman–Crippen MR) is 107 cm³/mol. The van der Waals surface area contributed by atoms with Gasteiger partial charge in [0, 0.05) is 34.3 Å². The average molecular weight is 415 g/mol. The Balaban J connectivity index is 1.43. The normalized spacial score (nSPS) is 11.1. The Labute approximate surface area is 168 Å². The number of aromatic amines is 1.